The van der Waals surface area contributed by atoms with Crippen molar-refractivity contribution in [2.75, 3.05) is 28.0 Å². The molecule has 6 heteroatoms. The topological polar surface area (TPSA) is 54.0 Å². The second-order valence-electron chi connectivity index (χ2n) is 8.43. The molecule has 34 heavy (non-hydrogen) atoms. The van der Waals surface area contributed by atoms with Crippen molar-refractivity contribution in [2.45, 2.75) is 25.7 Å². The van der Waals surface area contributed by atoms with Gasteiger partial charge in [-0.15, -0.1) is 11.3 Å². The molecule has 0 amide bonds. The van der Waals surface area contributed by atoms with Gasteiger partial charge in [-0.25, -0.2) is 0 Å². The zero-order chi connectivity index (χ0) is 24.1. The predicted octanol–water partition coefficient (Wildman–Crippen LogP) is 5.21. The summed E-state index contributed by atoms with van der Waals surface area (Å²) in [4.78, 5) is 3.57. The van der Waals surface area contributed by atoms with Gasteiger partial charge in [0.05, 0.1) is 0 Å². The van der Waals surface area contributed by atoms with E-state index in [9.17, 15) is 5.11 Å². The van der Waals surface area contributed by atoms with Crippen LogP contribution in [0.3, 0.4) is 0 Å². The zero-order valence-electron chi connectivity index (χ0n) is 20.0. The highest BCUT2D eigenvalue weighted by molar-refractivity contribution is 7.20. The molecule has 2 unspecified atom stereocenters. The summed E-state index contributed by atoms with van der Waals surface area (Å²) in [6.07, 6.45) is 0.294. The van der Waals surface area contributed by atoms with Crippen molar-refractivity contribution in [2.24, 2.45) is 0 Å². The maximum Gasteiger partial charge on any atom is 0.188 e. The number of hydrogen-bond acceptors (Lipinski definition) is 6. The molecule has 0 radical (unpaired) electrons. The second kappa shape index (κ2) is 11.0. The van der Waals surface area contributed by atoms with Gasteiger partial charge in [0.15, 0.2) is 6.79 Å². The molecule has 1 aliphatic rings. The van der Waals surface area contributed by atoms with Crippen molar-refractivity contribution in [3.8, 4) is 11.5 Å². The van der Waals surface area contributed by atoms with Crippen molar-refractivity contribution in [1.29, 1.82) is 0 Å². The Labute approximate surface area is 205 Å². The molecular weight excluding hydrogens is 446 g/mol. The van der Waals surface area contributed by atoms with Crippen LogP contribution in [0.4, 0.5) is 0 Å². The van der Waals surface area contributed by atoms with E-state index in [2.05, 4.69) is 24.3 Å². The van der Waals surface area contributed by atoms with E-state index in [1.165, 1.54) is 16.5 Å². The summed E-state index contributed by atoms with van der Waals surface area (Å²) in [5, 5.41) is 14.1. The zero-order valence-corrected chi connectivity index (χ0v) is 20.8. The number of hydrogen-bond donors (Lipinski definition) is 0. The minimum Gasteiger partial charge on any atom is -0.845 e. The third-order valence-corrected chi connectivity index (χ3v) is 6.95. The van der Waals surface area contributed by atoms with Gasteiger partial charge in [0, 0.05) is 23.1 Å². The Balaban J connectivity index is 0.000000222. The maximum absolute atomic E-state index is 12.6. The van der Waals surface area contributed by atoms with Gasteiger partial charge in [-0.1, -0.05) is 59.7 Å². The van der Waals surface area contributed by atoms with Crippen LogP contribution in [0.25, 0.3) is 10.1 Å². The molecule has 0 saturated heterocycles. The normalized spacial score (nSPS) is 13.6. The van der Waals surface area contributed by atoms with Crippen LogP contribution in [0.1, 0.15) is 34.6 Å². The number of methoxy groups -OCH3 is 1. The Morgan fingerprint density at radius 2 is 1.53 bits per heavy atom. The molecule has 0 fully saturated rings. The van der Waals surface area contributed by atoms with Gasteiger partial charge in [0.25, 0.3) is 0 Å². The van der Waals surface area contributed by atoms with Crippen LogP contribution >= 0.6 is 11.3 Å². The fourth-order valence-corrected chi connectivity index (χ4v) is 4.64. The molecule has 2 atom stereocenters. The monoisotopic (exact) mass is 476 g/mol. The molecule has 178 valence electrons. The van der Waals surface area contributed by atoms with Crippen LogP contribution in [0.2, 0.25) is 0 Å². The van der Waals surface area contributed by atoms with Crippen molar-refractivity contribution in [3.63, 3.8) is 0 Å². The predicted molar refractivity (Wildman–Crippen MR) is 136 cm³/mol. The first-order chi connectivity index (χ1) is 16.5. The standard InChI is InChI=1S/C19H24NO4.C9H6S/c1-14(20(2)3)24-18-11-7-16(8-12-18)19(21)15-5-9-17(10-6-15)23-13-22-4;1-2-4-8-6(3-1)7-5-9(7)10-8/h5-12,14,19H,13H2,1-4H3;1-4H,5H2/q-1;. The number of fused-ring (bicyclic) bond motifs is 3. The summed E-state index contributed by atoms with van der Waals surface area (Å²) < 4.78 is 17.4. The number of benzene rings is 3. The Morgan fingerprint density at radius 3 is 2.12 bits per heavy atom. The van der Waals surface area contributed by atoms with E-state index in [4.69, 9.17) is 14.2 Å². The quantitative estimate of drug-likeness (QED) is 0.288. The van der Waals surface area contributed by atoms with E-state index < -0.39 is 6.10 Å². The molecule has 0 saturated carbocycles. The van der Waals surface area contributed by atoms with E-state index in [-0.39, 0.29) is 13.0 Å². The Morgan fingerprint density at radius 1 is 0.912 bits per heavy atom. The summed E-state index contributed by atoms with van der Waals surface area (Å²) in [5.74, 6) is 1.42. The Hall–Kier alpha value is -2.90. The first kappa shape index (κ1) is 24.2. The molecular formula is C28H30NO4S-. The highest BCUT2D eigenvalue weighted by atomic mass is 32.1. The lowest BCUT2D eigenvalue weighted by atomic mass is 10.0. The molecule has 0 bridgehead atoms. The van der Waals surface area contributed by atoms with E-state index in [1.807, 2.05) is 61.5 Å². The average molecular weight is 477 g/mol. The van der Waals surface area contributed by atoms with Crippen molar-refractivity contribution >= 4 is 21.4 Å². The first-order valence-electron chi connectivity index (χ1n) is 11.3. The van der Waals surface area contributed by atoms with Gasteiger partial charge >= 0.3 is 0 Å². The molecule has 1 aliphatic carbocycles. The van der Waals surface area contributed by atoms with Crippen LogP contribution in [0, 0.1) is 0 Å². The highest BCUT2D eigenvalue weighted by Gasteiger charge is 2.22. The number of rotatable bonds is 8. The van der Waals surface area contributed by atoms with Gasteiger partial charge in [-0.05, 0) is 62.3 Å². The molecule has 0 spiro atoms. The van der Waals surface area contributed by atoms with Crippen LogP contribution in [0.15, 0.2) is 72.8 Å². The number of thiophene rings is 1. The van der Waals surface area contributed by atoms with Crippen LogP contribution in [0.5, 0.6) is 11.5 Å². The van der Waals surface area contributed by atoms with E-state index in [0.29, 0.717) is 16.9 Å². The van der Waals surface area contributed by atoms with Gasteiger partial charge < -0.3 is 19.3 Å². The van der Waals surface area contributed by atoms with Gasteiger partial charge in [0.1, 0.15) is 17.7 Å². The third kappa shape index (κ3) is 5.96. The summed E-state index contributed by atoms with van der Waals surface area (Å²) >= 11 is 1.94. The molecule has 1 heterocycles. The van der Waals surface area contributed by atoms with Crippen molar-refractivity contribution in [1.82, 2.24) is 4.90 Å². The average Bonchev–Trinajstić information content (AvgIpc) is 3.54. The summed E-state index contributed by atoms with van der Waals surface area (Å²) in [7, 11) is 5.47. The molecule has 1 aromatic heterocycles. The largest absolute Gasteiger partial charge is 0.845 e. The summed E-state index contributed by atoms with van der Waals surface area (Å²) in [6.45, 7) is 2.16. The third-order valence-electron chi connectivity index (χ3n) is 5.74. The lowest BCUT2D eigenvalue weighted by Gasteiger charge is -2.25. The molecule has 5 nitrogen and oxygen atoms in total. The van der Waals surface area contributed by atoms with E-state index in [0.717, 1.165) is 5.75 Å². The molecule has 5 rings (SSSR count). The lowest BCUT2D eigenvalue weighted by Crippen LogP contribution is -2.30. The Bertz CT molecular complexity index is 1200. The summed E-state index contributed by atoms with van der Waals surface area (Å²) in [6, 6.07) is 23.0. The lowest BCUT2D eigenvalue weighted by molar-refractivity contribution is -0.411. The first-order valence-corrected chi connectivity index (χ1v) is 12.1. The van der Waals surface area contributed by atoms with E-state index >= 15 is 0 Å². The second-order valence-corrected chi connectivity index (χ2v) is 9.56. The minimum atomic E-state index is -0.943. The number of ether oxygens (including phenoxy) is 3. The Kier molecular flexibility index (Phi) is 7.85. The minimum absolute atomic E-state index is 0.0291. The smallest absolute Gasteiger partial charge is 0.188 e. The number of nitrogens with zero attached hydrogens (tertiary/aromatic N) is 1. The van der Waals surface area contributed by atoms with Gasteiger partial charge in [-0.3, -0.25) is 4.90 Å². The highest BCUT2D eigenvalue weighted by Crippen LogP contribution is 2.42. The van der Waals surface area contributed by atoms with Crippen LogP contribution in [-0.4, -0.2) is 39.1 Å². The fraction of sp³-hybridized carbons (Fsp3) is 0.286. The summed E-state index contributed by atoms with van der Waals surface area (Å²) in [5.41, 5.74) is 2.99. The fourth-order valence-electron chi connectivity index (χ4n) is 3.48. The van der Waals surface area contributed by atoms with Gasteiger partial charge in [0.2, 0.25) is 0 Å². The van der Waals surface area contributed by atoms with Crippen molar-refractivity contribution in [3.05, 3.63) is 94.4 Å². The maximum atomic E-state index is 12.6. The molecule has 4 aromatic rings. The molecule has 0 N–H and O–H groups in total. The van der Waals surface area contributed by atoms with E-state index in [1.54, 1.807) is 41.8 Å². The SMILES string of the molecule is COCOc1ccc(C([O-])c2ccc(OC(C)N(C)C)cc2)cc1.c1ccc2c3c(sc2c1)C3. The molecule has 0 aliphatic heterocycles. The van der Waals surface area contributed by atoms with Crippen LogP contribution in [-0.2, 0) is 11.2 Å². The van der Waals surface area contributed by atoms with Crippen LogP contribution < -0.4 is 14.6 Å². The molecule has 3 aromatic carbocycles. The van der Waals surface area contributed by atoms with Crippen molar-refractivity contribution < 1.29 is 19.3 Å². The van der Waals surface area contributed by atoms with Gasteiger partial charge in [-0.2, -0.15) is 0 Å².